The molecule has 0 bridgehead atoms. The van der Waals surface area contributed by atoms with E-state index in [9.17, 15) is 27.6 Å². The Labute approximate surface area is 182 Å². The first kappa shape index (κ1) is 23.4. The lowest BCUT2D eigenvalue weighted by Crippen LogP contribution is -2.64. The Bertz CT molecular complexity index is 1010. The van der Waals surface area contributed by atoms with E-state index in [1.165, 1.54) is 36.2 Å². The van der Waals surface area contributed by atoms with Crippen LogP contribution in [-0.2, 0) is 11.0 Å². The number of aldehydes is 1. The number of nitrogens with zero attached hydrogens (tertiary/aromatic N) is 1. The van der Waals surface area contributed by atoms with Crippen LogP contribution < -0.4 is 15.4 Å². The fourth-order valence-electron chi connectivity index (χ4n) is 3.57. The number of Topliss-reactive ketones (excluding diaryl/α,β-unsaturated/α-hetero) is 1. The highest BCUT2D eigenvalue weighted by atomic mass is 19.4. The van der Waals surface area contributed by atoms with Crippen molar-refractivity contribution in [1.82, 2.24) is 15.5 Å². The molecule has 10 heteroatoms. The molecule has 2 aromatic carbocycles. The average Bonchev–Trinajstić information content (AvgIpc) is 2.82. The minimum atomic E-state index is -4.82. The normalized spacial score (nSPS) is 16.6. The number of alkyl halides is 3. The Morgan fingerprint density at radius 3 is 2.22 bits per heavy atom. The minimum Gasteiger partial charge on any atom is -0.457 e. The SMILES string of the molecule is CNC(=O)c1ccccc1OC(C=O)(C(=O)c1ccccc1C(F)(F)F)N1CCNCC1. The lowest BCUT2D eigenvalue weighted by molar-refractivity contribution is -0.139. The van der Waals surface area contributed by atoms with Crippen molar-refractivity contribution >= 4 is 18.0 Å². The molecule has 2 N–H and O–H groups in total. The van der Waals surface area contributed by atoms with Gasteiger partial charge in [0.05, 0.1) is 11.1 Å². The Kier molecular flexibility index (Phi) is 6.95. The molecule has 1 unspecified atom stereocenters. The van der Waals surface area contributed by atoms with Gasteiger partial charge in [-0.1, -0.05) is 30.3 Å². The van der Waals surface area contributed by atoms with Crippen LogP contribution in [0.4, 0.5) is 13.2 Å². The summed E-state index contributed by atoms with van der Waals surface area (Å²) >= 11 is 0. The van der Waals surface area contributed by atoms with Gasteiger partial charge in [-0.2, -0.15) is 13.2 Å². The fourth-order valence-corrected chi connectivity index (χ4v) is 3.57. The number of nitrogens with one attached hydrogen (secondary N) is 2. The van der Waals surface area contributed by atoms with Gasteiger partial charge in [0.2, 0.25) is 5.78 Å². The summed E-state index contributed by atoms with van der Waals surface area (Å²) in [4.78, 5) is 39.7. The lowest BCUT2D eigenvalue weighted by atomic mass is 9.94. The second-order valence-electron chi connectivity index (χ2n) is 7.10. The van der Waals surface area contributed by atoms with Gasteiger partial charge in [0.25, 0.3) is 11.6 Å². The molecule has 1 aliphatic rings. The van der Waals surface area contributed by atoms with E-state index in [0.29, 0.717) is 13.1 Å². The second-order valence-corrected chi connectivity index (χ2v) is 7.10. The fraction of sp³-hybridized carbons (Fsp3) is 0.318. The minimum absolute atomic E-state index is 0.0354. The van der Waals surface area contributed by atoms with E-state index in [2.05, 4.69) is 10.6 Å². The van der Waals surface area contributed by atoms with Crippen molar-refractivity contribution in [3.8, 4) is 5.75 Å². The number of para-hydroxylation sites is 1. The van der Waals surface area contributed by atoms with Gasteiger partial charge in [0.1, 0.15) is 5.75 Å². The van der Waals surface area contributed by atoms with Crippen LogP contribution in [-0.4, -0.2) is 61.8 Å². The molecule has 2 aromatic rings. The molecule has 1 heterocycles. The van der Waals surface area contributed by atoms with E-state index in [4.69, 9.17) is 4.74 Å². The number of ketones is 1. The molecule has 1 amide bonds. The summed E-state index contributed by atoms with van der Waals surface area (Å²) in [5.74, 6) is -1.80. The maximum atomic E-state index is 13.6. The summed E-state index contributed by atoms with van der Waals surface area (Å²) in [6.07, 6.45) is -4.61. The number of carbonyl (C=O) groups excluding carboxylic acids is 3. The Balaban J connectivity index is 2.17. The third-order valence-corrected chi connectivity index (χ3v) is 5.17. The number of hydrogen-bond acceptors (Lipinski definition) is 6. The van der Waals surface area contributed by atoms with Gasteiger partial charge in [0.15, 0.2) is 6.29 Å². The molecule has 0 aromatic heterocycles. The first-order valence-electron chi connectivity index (χ1n) is 9.88. The molecule has 7 nitrogen and oxygen atoms in total. The third kappa shape index (κ3) is 4.51. The summed E-state index contributed by atoms with van der Waals surface area (Å²) in [5, 5.41) is 5.49. The van der Waals surface area contributed by atoms with Crippen LogP contribution >= 0.6 is 0 Å². The van der Waals surface area contributed by atoms with Gasteiger partial charge in [-0.15, -0.1) is 0 Å². The number of benzene rings is 2. The van der Waals surface area contributed by atoms with Crippen LogP contribution in [0, 0.1) is 0 Å². The van der Waals surface area contributed by atoms with Crippen molar-refractivity contribution in [2.75, 3.05) is 33.2 Å². The Morgan fingerprint density at radius 2 is 1.62 bits per heavy atom. The molecule has 3 rings (SSSR count). The zero-order chi connectivity index (χ0) is 23.4. The van der Waals surface area contributed by atoms with Gasteiger partial charge in [0, 0.05) is 38.8 Å². The maximum absolute atomic E-state index is 13.6. The van der Waals surface area contributed by atoms with Gasteiger partial charge >= 0.3 is 6.18 Å². The first-order chi connectivity index (χ1) is 15.2. The number of rotatable bonds is 7. The van der Waals surface area contributed by atoms with E-state index in [1.54, 1.807) is 6.07 Å². The molecule has 0 saturated carbocycles. The van der Waals surface area contributed by atoms with E-state index in [1.807, 2.05) is 0 Å². The molecular weight excluding hydrogens is 427 g/mol. The van der Waals surface area contributed by atoms with Gasteiger partial charge in [-0.05, 0) is 18.2 Å². The predicted molar refractivity (Wildman–Crippen MR) is 109 cm³/mol. The monoisotopic (exact) mass is 449 g/mol. The van der Waals surface area contributed by atoms with Crippen molar-refractivity contribution in [1.29, 1.82) is 0 Å². The molecule has 0 aliphatic carbocycles. The van der Waals surface area contributed by atoms with Crippen LogP contribution in [0.25, 0.3) is 0 Å². The standard InChI is InChI=1S/C22H22F3N3O4/c1-26-20(31)16-7-3-5-9-18(16)32-21(14-29,28-12-10-27-11-13-28)19(30)15-6-2-4-8-17(15)22(23,24)25/h2-9,14,27H,10-13H2,1H3,(H,26,31). The van der Waals surface area contributed by atoms with Crippen LogP contribution in [0.5, 0.6) is 5.75 Å². The maximum Gasteiger partial charge on any atom is 0.417 e. The van der Waals surface area contributed by atoms with E-state index < -0.39 is 34.7 Å². The molecule has 1 fully saturated rings. The number of carbonyl (C=O) groups is 3. The molecular formula is C22H22F3N3O4. The Morgan fingerprint density at radius 1 is 1.03 bits per heavy atom. The smallest absolute Gasteiger partial charge is 0.417 e. The second kappa shape index (κ2) is 9.49. The summed E-state index contributed by atoms with van der Waals surface area (Å²) in [5.41, 5.74) is -4.22. The van der Waals surface area contributed by atoms with Gasteiger partial charge in [-0.3, -0.25) is 19.3 Å². The number of piperazine rings is 1. The third-order valence-electron chi connectivity index (χ3n) is 5.17. The van der Waals surface area contributed by atoms with Crippen molar-refractivity contribution in [3.05, 3.63) is 65.2 Å². The number of hydrogen-bond donors (Lipinski definition) is 2. The topological polar surface area (TPSA) is 87.7 Å². The first-order valence-corrected chi connectivity index (χ1v) is 9.88. The van der Waals surface area contributed by atoms with E-state index in [-0.39, 0.29) is 30.7 Å². The molecule has 32 heavy (non-hydrogen) atoms. The highest BCUT2D eigenvalue weighted by molar-refractivity contribution is 6.12. The number of halogens is 3. The average molecular weight is 449 g/mol. The van der Waals surface area contributed by atoms with Crippen molar-refractivity contribution in [2.24, 2.45) is 0 Å². The molecule has 1 atom stereocenters. The molecule has 170 valence electrons. The van der Waals surface area contributed by atoms with Gasteiger partial charge in [-0.25, -0.2) is 0 Å². The quantitative estimate of drug-likeness (QED) is 0.383. The van der Waals surface area contributed by atoms with Crippen LogP contribution in [0.1, 0.15) is 26.3 Å². The lowest BCUT2D eigenvalue weighted by Gasteiger charge is -2.41. The zero-order valence-electron chi connectivity index (χ0n) is 17.2. The largest absolute Gasteiger partial charge is 0.457 e. The summed E-state index contributed by atoms with van der Waals surface area (Å²) < 4.78 is 46.8. The predicted octanol–water partition coefficient (Wildman–Crippen LogP) is 2.13. The Hall–Kier alpha value is -3.24. The molecule has 0 spiro atoms. The van der Waals surface area contributed by atoms with Crippen molar-refractivity contribution in [2.45, 2.75) is 11.9 Å². The highest BCUT2D eigenvalue weighted by Crippen LogP contribution is 2.35. The number of amides is 1. The van der Waals surface area contributed by atoms with Crippen molar-refractivity contribution < 1.29 is 32.3 Å². The summed E-state index contributed by atoms with van der Waals surface area (Å²) in [6, 6.07) is 10.1. The molecule has 1 saturated heterocycles. The van der Waals surface area contributed by atoms with Crippen LogP contribution in [0.15, 0.2) is 48.5 Å². The summed E-state index contributed by atoms with van der Waals surface area (Å²) in [6.45, 7) is 1.12. The van der Waals surface area contributed by atoms with Gasteiger partial charge < -0.3 is 15.4 Å². The number of ether oxygens (including phenoxy) is 1. The zero-order valence-corrected chi connectivity index (χ0v) is 17.2. The molecule has 1 aliphatic heterocycles. The summed E-state index contributed by atoms with van der Waals surface area (Å²) in [7, 11) is 1.40. The van der Waals surface area contributed by atoms with E-state index >= 15 is 0 Å². The molecule has 0 radical (unpaired) electrons. The van der Waals surface area contributed by atoms with Crippen LogP contribution in [0.3, 0.4) is 0 Å². The van der Waals surface area contributed by atoms with Crippen molar-refractivity contribution in [3.63, 3.8) is 0 Å². The van der Waals surface area contributed by atoms with E-state index in [0.717, 1.165) is 18.2 Å². The highest BCUT2D eigenvalue weighted by Gasteiger charge is 2.50. The van der Waals surface area contributed by atoms with Crippen LogP contribution in [0.2, 0.25) is 0 Å².